The molecule has 1 aromatic carbocycles. The van der Waals surface area contributed by atoms with Crippen LogP contribution in [0.3, 0.4) is 0 Å². The van der Waals surface area contributed by atoms with E-state index in [0.717, 1.165) is 40.8 Å². The van der Waals surface area contributed by atoms with Crippen molar-refractivity contribution in [2.45, 2.75) is 51.6 Å². The van der Waals surface area contributed by atoms with E-state index in [1.807, 2.05) is 39.8 Å². The first-order chi connectivity index (χ1) is 12.3. The molecule has 3 aromatic rings. The van der Waals surface area contributed by atoms with Gasteiger partial charge in [0.15, 0.2) is 0 Å². The molecule has 0 bridgehead atoms. The Morgan fingerprint density at radius 3 is 2.58 bits per heavy atom. The molecular formula is C21H22N2O3. The molecule has 5 heteroatoms. The molecule has 0 N–H and O–H groups in total. The highest BCUT2D eigenvalue weighted by Crippen LogP contribution is 2.53. The van der Waals surface area contributed by atoms with E-state index in [-0.39, 0.29) is 11.4 Å². The van der Waals surface area contributed by atoms with Gasteiger partial charge < -0.3 is 9.26 Å². The number of fused-ring (bicyclic) bond motifs is 1. The average molecular weight is 350 g/mol. The predicted octanol–water partition coefficient (Wildman–Crippen LogP) is 4.57. The number of esters is 1. The Balaban J connectivity index is 1.80. The van der Waals surface area contributed by atoms with Crippen LogP contribution in [-0.2, 0) is 10.2 Å². The largest absolute Gasteiger partial charge is 0.456 e. The summed E-state index contributed by atoms with van der Waals surface area (Å²) in [5.41, 5.74) is 2.75. The summed E-state index contributed by atoms with van der Waals surface area (Å²) >= 11 is 0. The number of carbonyl (C=O) groups excluding carboxylic acids is 1. The van der Waals surface area contributed by atoms with Gasteiger partial charge in [0, 0.05) is 23.1 Å². The molecule has 0 spiro atoms. The van der Waals surface area contributed by atoms with E-state index in [2.05, 4.69) is 22.3 Å². The van der Waals surface area contributed by atoms with Gasteiger partial charge in [-0.2, -0.15) is 0 Å². The highest BCUT2D eigenvalue weighted by Gasteiger charge is 2.48. The molecule has 0 atom stereocenters. The summed E-state index contributed by atoms with van der Waals surface area (Å²) in [6.07, 6.45) is 3.69. The van der Waals surface area contributed by atoms with Crippen molar-refractivity contribution >= 4 is 16.9 Å². The van der Waals surface area contributed by atoms with Crippen molar-refractivity contribution in [3.05, 3.63) is 59.1 Å². The highest BCUT2D eigenvalue weighted by atomic mass is 16.6. The Kier molecular flexibility index (Phi) is 3.65. The summed E-state index contributed by atoms with van der Waals surface area (Å²) in [5.74, 6) is 0.479. The molecule has 5 nitrogen and oxygen atoms in total. The van der Waals surface area contributed by atoms with Crippen LogP contribution in [-0.4, -0.2) is 21.7 Å². The molecule has 0 amide bonds. The van der Waals surface area contributed by atoms with Crippen LogP contribution in [0.15, 0.2) is 41.1 Å². The zero-order chi connectivity index (χ0) is 18.5. The minimum Gasteiger partial charge on any atom is -0.456 e. The fraction of sp³-hybridized carbons (Fsp3) is 0.381. The lowest BCUT2D eigenvalue weighted by molar-refractivity contribution is 0.00717. The smallest absolute Gasteiger partial charge is 0.339 e. The number of hydrogen-bond acceptors (Lipinski definition) is 5. The monoisotopic (exact) mass is 350 g/mol. The van der Waals surface area contributed by atoms with Crippen LogP contribution < -0.4 is 0 Å². The standard InChI is InChI=1S/C21H22N2O3/c1-13-11-18(23-26-13)21(8-9-21)14-5-6-17-16(12-14)15(7-10-22-17)19(24)25-20(2,3)4/h5-7,10-12H,8-9H2,1-4H3. The van der Waals surface area contributed by atoms with Gasteiger partial charge >= 0.3 is 5.97 Å². The van der Waals surface area contributed by atoms with Crippen LogP contribution >= 0.6 is 0 Å². The van der Waals surface area contributed by atoms with Gasteiger partial charge in [0.1, 0.15) is 11.4 Å². The maximum absolute atomic E-state index is 12.6. The first-order valence-electron chi connectivity index (χ1n) is 8.85. The molecule has 0 unspecified atom stereocenters. The summed E-state index contributed by atoms with van der Waals surface area (Å²) in [7, 11) is 0. The van der Waals surface area contributed by atoms with Crippen LogP contribution in [0.1, 0.15) is 61.0 Å². The third-order valence-corrected chi connectivity index (χ3v) is 4.78. The van der Waals surface area contributed by atoms with Crippen molar-refractivity contribution in [3.8, 4) is 0 Å². The Hall–Kier alpha value is -2.69. The number of pyridine rings is 1. The van der Waals surface area contributed by atoms with Gasteiger partial charge in [-0.05, 0) is 64.3 Å². The van der Waals surface area contributed by atoms with Crippen molar-refractivity contribution in [2.75, 3.05) is 0 Å². The van der Waals surface area contributed by atoms with Crippen molar-refractivity contribution in [1.82, 2.24) is 10.1 Å². The fourth-order valence-corrected chi connectivity index (χ4v) is 3.36. The molecule has 4 rings (SSSR count). The molecule has 0 saturated heterocycles. The first-order valence-corrected chi connectivity index (χ1v) is 8.85. The van der Waals surface area contributed by atoms with E-state index in [9.17, 15) is 4.79 Å². The predicted molar refractivity (Wildman–Crippen MR) is 98.2 cm³/mol. The molecule has 2 heterocycles. The quantitative estimate of drug-likeness (QED) is 0.648. The number of ether oxygens (including phenoxy) is 1. The summed E-state index contributed by atoms with van der Waals surface area (Å²) in [6, 6.07) is 9.81. The Morgan fingerprint density at radius 1 is 1.19 bits per heavy atom. The summed E-state index contributed by atoms with van der Waals surface area (Å²) in [4.78, 5) is 17.0. The minimum atomic E-state index is -0.541. The van der Waals surface area contributed by atoms with E-state index < -0.39 is 5.60 Å². The first kappa shape index (κ1) is 16.8. The summed E-state index contributed by atoms with van der Waals surface area (Å²) in [6.45, 7) is 7.50. The number of benzene rings is 1. The summed E-state index contributed by atoms with van der Waals surface area (Å²) in [5, 5.41) is 5.04. The van der Waals surface area contributed by atoms with E-state index in [1.165, 1.54) is 0 Å². The lowest BCUT2D eigenvalue weighted by atomic mass is 9.90. The molecule has 0 aliphatic heterocycles. The van der Waals surface area contributed by atoms with Gasteiger partial charge in [-0.25, -0.2) is 4.79 Å². The number of rotatable bonds is 3. The molecule has 26 heavy (non-hydrogen) atoms. The normalized spacial score (nSPS) is 15.8. The van der Waals surface area contributed by atoms with Gasteiger partial charge in [-0.15, -0.1) is 0 Å². The van der Waals surface area contributed by atoms with Gasteiger partial charge in [0.2, 0.25) is 0 Å². The molecule has 0 radical (unpaired) electrons. The molecule has 1 aliphatic rings. The third kappa shape index (κ3) is 2.87. The second-order valence-corrected chi connectivity index (χ2v) is 8.00. The SMILES string of the molecule is Cc1cc(C2(c3ccc4nccc(C(=O)OC(C)(C)C)c4c3)CC2)no1. The number of carbonyl (C=O) groups is 1. The van der Waals surface area contributed by atoms with E-state index in [0.29, 0.717) is 5.56 Å². The van der Waals surface area contributed by atoms with Crippen LogP contribution in [0.5, 0.6) is 0 Å². The minimum absolute atomic E-state index is 0.118. The maximum atomic E-state index is 12.6. The van der Waals surface area contributed by atoms with Crippen LogP contribution in [0.4, 0.5) is 0 Å². The number of hydrogen-bond donors (Lipinski definition) is 0. The Bertz CT molecular complexity index is 994. The summed E-state index contributed by atoms with van der Waals surface area (Å²) < 4.78 is 10.8. The van der Waals surface area contributed by atoms with Crippen LogP contribution in [0.25, 0.3) is 10.9 Å². The van der Waals surface area contributed by atoms with Gasteiger partial charge in [-0.3, -0.25) is 4.98 Å². The van der Waals surface area contributed by atoms with Crippen molar-refractivity contribution in [2.24, 2.45) is 0 Å². The molecule has 134 valence electrons. The van der Waals surface area contributed by atoms with Gasteiger partial charge in [0.05, 0.1) is 16.8 Å². The van der Waals surface area contributed by atoms with Gasteiger partial charge in [-0.1, -0.05) is 11.2 Å². The number of aromatic nitrogens is 2. The number of nitrogens with zero attached hydrogens (tertiary/aromatic N) is 2. The lowest BCUT2D eigenvalue weighted by Crippen LogP contribution is -2.24. The zero-order valence-electron chi connectivity index (χ0n) is 15.5. The molecule has 1 fully saturated rings. The number of aryl methyl sites for hydroxylation is 1. The van der Waals surface area contributed by atoms with E-state index in [4.69, 9.17) is 9.26 Å². The second kappa shape index (κ2) is 5.66. The zero-order valence-corrected chi connectivity index (χ0v) is 15.5. The second-order valence-electron chi connectivity index (χ2n) is 8.00. The highest BCUT2D eigenvalue weighted by molar-refractivity contribution is 6.03. The van der Waals surface area contributed by atoms with Gasteiger partial charge in [0.25, 0.3) is 0 Å². The van der Waals surface area contributed by atoms with Crippen molar-refractivity contribution < 1.29 is 14.1 Å². The van der Waals surface area contributed by atoms with Crippen molar-refractivity contribution in [1.29, 1.82) is 0 Å². The van der Waals surface area contributed by atoms with E-state index >= 15 is 0 Å². The molecular weight excluding hydrogens is 328 g/mol. The molecule has 2 aromatic heterocycles. The lowest BCUT2D eigenvalue weighted by Gasteiger charge is -2.20. The van der Waals surface area contributed by atoms with Crippen LogP contribution in [0.2, 0.25) is 0 Å². The average Bonchev–Trinajstić information content (AvgIpc) is 3.27. The van der Waals surface area contributed by atoms with Crippen molar-refractivity contribution in [3.63, 3.8) is 0 Å². The van der Waals surface area contributed by atoms with Crippen LogP contribution in [0, 0.1) is 6.92 Å². The topological polar surface area (TPSA) is 65.2 Å². The molecule has 1 saturated carbocycles. The van der Waals surface area contributed by atoms with E-state index in [1.54, 1.807) is 12.3 Å². The molecule has 1 aliphatic carbocycles. The Labute approximate surface area is 152 Å². The Morgan fingerprint density at radius 2 is 1.96 bits per heavy atom. The third-order valence-electron chi connectivity index (χ3n) is 4.78. The fourth-order valence-electron chi connectivity index (χ4n) is 3.36. The maximum Gasteiger partial charge on any atom is 0.339 e.